The normalized spacial score (nSPS) is 9.92. The highest BCUT2D eigenvalue weighted by Gasteiger charge is 2.03. The molecular formula is C8H9FN2OS. The largest absolute Gasteiger partial charge is 0.398 e. The van der Waals surface area contributed by atoms with Gasteiger partial charge in [0.25, 0.3) is 0 Å². The Hall–Kier alpha value is -1.23. The molecule has 0 unspecified atom stereocenters. The number of hydrogen-bond acceptors (Lipinski definition) is 3. The molecule has 0 aromatic heterocycles. The first-order valence-electron chi connectivity index (χ1n) is 3.55. The number of nitrogens with two attached hydrogens (primary N) is 2. The standard InChI is InChI=1S/C8H9FN2OS/c9-5-1-2-6(10)7(3-5)13-4-8(11)12/h1-3H,4,10H2,(H2,11,12). The van der Waals surface area contributed by atoms with Gasteiger partial charge in [0.05, 0.1) is 5.75 Å². The van der Waals surface area contributed by atoms with E-state index in [1.807, 2.05) is 0 Å². The molecule has 3 nitrogen and oxygen atoms in total. The van der Waals surface area contributed by atoms with Crippen LogP contribution >= 0.6 is 11.8 Å². The van der Waals surface area contributed by atoms with Crippen molar-refractivity contribution in [3.05, 3.63) is 24.0 Å². The minimum absolute atomic E-state index is 0.105. The maximum atomic E-state index is 12.7. The topological polar surface area (TPSA) is 69.1 Å². The highest BCUT2D eigenvalue weighted by atomic mass is 32.2. The van der Waals surface area contributed by atoms with Crippen LogP contribution < -0.4 is 11.5 Å². The van der Waals surface area contributed by atoms with Crippen molar-refractivity contribution >= 4 is 23.4 Å². The van der Waals surface area contributed by atoms with Crippen molar-refractivity contribution in [2.24, 2.45) is 5.73 Å². The molecule has 0 atom stereocenters. The van der Waals surface area contributed by atoms with E-state index >= 15 is 0 Å². The summed E-state index contributed by atoms with van der Waals surface area (Å²) in [5.41, 5.74) is 10.9. The maximum absolute atomic E-state index is 12.7. The van der Waals surface area contributed by atoms with Crippen LogP contribution in [0.25, 0.3) is 0 Å². The molecule has 0 bridgehead atoms. The van der Waals surface area contributed by atoms with E-state index in [-0.39, 0.29) is 11.6 Å². The van der Waals surface area contributed by atoms with E-state index in [0.717, 1.165) is 11.8 Å². The van der Waals surface area contributed by atoms with Crippen molar-refractivity contribution in [1.82, 2.24) is 0 Å². The Bertz CT molecular complexity index is 330. The Morgan fingerprint density at radius 3 is 2.85 bits per heavy atom. The van der Waals surface area contributed by atoms with Gasteiger partial charge in [-0.1, -0.05) is 0 Å². The molecule has 0 saturated heterocycles. The molecule has 70 valence electrons. The van der Waals surface area contributed by atoms with Crippen LogP contribution in [-0.4, -0.2) is 11.7 Å². The molecule has 0 heterocycles. The first kappa shape index (κ1) is 9.85. The average Bonchev–Trinajstić information content (AvgIpc) is 2.06. The summed E-state index contributed by atoms with van der Waals surface area (Å²) in [6, 6.07) is 4.01. The Labute approximate surface area is 79.3 Å². The molecule has 0 saturated carbocycles. The smallest absolute Gasteiger partial charge is 0.227 e. The first-order valence-corrected chi connectivity index (χ1v) is 4.54. The highest BCUT2D eigenvalue weighted by molar-refractivity contribution is 8.00. The van der Waals surface area contributed by atoms with Crippen LogP contribution in [0.5, 0.6) is 0 Å². The molecular weight excluding hydrogens is 191 g/mol. The zero-order chi connectivity index (χ0) is 9.84. The Balaban J connectivity index is 2.75. The fourth-order valence-electron chi connectivity index (χ4n) is 0.782. The third-order valence-electron chi connectivity index (χ3n) is 1.35. The first-order chi connectivity index (χ1) is 6.09. The average molecular weight is 200 g/mol. The highest BCUT2D eigenvalue weighted by Crippen LogP contribution is 2.25. The molecule has 1 aromatic rings. The van der Waals surface area contributed by atoms with Gasteiger partial charge in [-0.15, -0.1) is 11.8 Å². The van der Waals surface area contributed by atoms with Crippen LogP contribution in [0.15, 0.2) is 23.1 Å². The minimum Gasteiger partial charge on any atom is -0.398 e. The molecule has 0 radical (unpaired) electrons. The third kappa shape index (κ3) is 2.95. The van der Waals surface area contributed by atoms with Gasteiger partial charge >= 0.3 is 0 Å². The van der Waals surface area contributed by atoms with Crippen molar-refractivity contribution in [2.75, 3.05) is 11.5 Å². The number of carbonyl (C=O) groups excluding carboxylic acids is 1. The van der Waals surface area contributed by atoms with Crippen molar-refractivity contribution in [2.45, 2.75) is 4.90 Å². The molecule has 0 spiro atoms. The number of anilines is 1. The number of halogens is 1. The lowest BCUT2D eigenvalue weighted by atomic mass is 10.3. The van der Waals surface area contributed by atoms with Gasteiger partial charge in [-0.25, -0.2) is 4.39 Å². The maximum Gasteiger partial charge on any atom is 0.227 e. The number of rotatable bonds is 3. The zero-order valence-corrected chi connectivity index (χ0v) is 7.60. The number of nitrogen functional groups attached to an aromatic ring is 1. The molecule has 0 aliphatic heterocycles. The van der Waals surface area contributed by atoms with Crippen LogP contribution in [0.4, 0.5) is 10.1 Å². The van der Waals surface area contributed by atoms with E-state index < -0.39 is 5.91 Å². The van der Waals surface area contributed by atoms with Crippen molar-refractivity contribution in [3.8, 4) is 0 Å². The molecule has 1 aromatic carbocycles. The molecule has 4 N–H and O–H groups in total. The number of thioether (sulfide) groups is 1. The second-order valence-electron chi connectivity index (χ2n) is 2.44. The summed E-state index contributed by atoms with van der Waals surface area (Å²) >= 11 is 1.13. The Morgan fingerprint density at radius 1 is 1.54 bits per heavy atom. The van der Waals surface area contributed by atoms with Crippen LogP contribution in [0.3, 0.4) is 0 Å². The van der Waals surface area contributed by atoms with Gasteiger partial charge < -0.3 is 11.5 Å². The van der Waals surface area contributed by atoms with Crippen LogP contribution in [0, 0.1) is 5.82 Å². The van der Waals surface area contributed by atoms with Gasteiger partial charge in [-0.2, -0.15) is 0 Å². The van der Waals surface area contributed by atoms with Crippen molar-refractivity contribution < 1.29 is 9.18 Å². The van der Waals surface area contributed by atoms with Gasteiger partial charge in [0.2, 0.25) is 5.91 Å². The van der Waals surface area contributed by atoms with Gasteiger partial charge in [-0.05, 0) is 18.2 Å². The zero-order valence-electron chi connectivity index (χ0n) is 6.79. The van der Waals surface area contributed by atoms with Crippen LogP contribution in [-0.2, 0) is 4.79 Å². The molecule has 1 rings (SSSR count). The molecule has 1 amide bonds. The summed E-state index contributed by atoms with van der Waals surface area (Å²) in [5.74, 6) is -0.719. The molecule has 13 heavy (non-hydrogen) atoms. The molecule has 0 fully saturated rings. The molecule has 0 aliphatic rings. The summed E-state index contributed by atoms with van der Waals surface area (Å²) in [6.45, 7) is 0. The van der Waals surface area contributed by atoms with Gasteiger partial charge in [-0.3, -0.25) is 4.79 Å². The summed E-state index contributed by atoms with van der Waals surface area (Å²) in [5, 5.41) is 0. The van der Waals surface area contributed by atoms with E-state index in [1.54, 1.807) is 0 Å². The SMILES string of the molecule is NC(=O)CSc1cc(F)ccc1N. The van der Waals surface area contributed by atoms with Gasteiger partial charge in [0, 0.05) is 10.6 Å². The number of primary amides is 1. The van der Waals surface area contributed by atoms with E-state index in [1.165, 1.54) is 18.2 Å². The monoisotopic (exact) mass is 200 g/mol. The second-order valence-corrected chi connectivity index (χ2v) is 3.45. The Morgan fingerprint density at radius 2 is 2.23 bits per heavy atom. The fraction of sp³-hybridized carbons (Fsp3) is 0.125. The summed E-state index contributed by atoms with van der Waals surface area (Å²) in [4.78, 5) is 11.0. The third-order valence-corrected chi connectivity index (χ3v) is 2.44. The summed E-state index contributed by atoms with van der Waals surface area (Å²) in [6.07, 6.45) is 0. The lowest BCUT2D eigenvalue weighted by Crippen LogP contribution is -2.13. The summed E-state index contributed by atoms with van der Waals surface area (Å²) < 4.78 is 12.7. The lowest BCUT2D eigenvalue weighted by molar-refractivity contribution is -0.115. The number of carbonyl (C=O) groups is 1. The molecule has 5 heteroatoms. The lowest BCUT2D eigenvalue weighted by Gasteiger charge is -2.02. The van der Waals surface area contributed by atoms with E-state index in [9.17, 15) is 9.18 Å². The quantitative estimate of drug-likeness (QED) is 0.564. The van der Waals surface area contributed by atoms with Crippen molar-refractivity contribution in [1.29, 1.82) is 0 Å². The number of hydrogen-bond donors (Lipinski definition) is 2. The number of amides is 1. The number of benzene rings is 1. The van der Waals surface area contributed by atoms with Crippen LogP contribution in [0.1, 0.15) is 0 Å². The summed E-state index contributed by atoms with van der Waals surface area (Å²) in [7, 11) is 0. The second kappa shape index (κ2) is 4.13. The van der Waals surface area contributed by atoms with E-state index in [0.29, 0.717) is 10.6 Å². The van der Waals surface area contributed by atoms with E-state index in [4.69, 9.17) is 11.5 Å². The fourth-order valence-corrected chi connectivity index (χ4v) is 1.51. The molecule has 0 aliphatic carbocycles. The predicted octanol–water partition coefficient (Wildman–Crippen LogP) is 0.985. The van der Waals surface area contributed by atoms with Gasteiger partial charge in [0.1, 0.15) is 5.82 Å². The van der Waals surface area contributed by atoms with E-state index in [2.05, 4.69) is 0 Å². The van der Waals surface area contributed by atoms with Gasteiger partial charge in [0.15, 0.2) is 0 Å². The predicted molar refractivity (Wildman–Crippen MR) is 50.7 cm³/mol. The Kier molecular flexibility index (Phi) is 3.13. The van der Waals surface area contributed by atoms with Crippen LogP contribution in [0.2, 0.25) is 0 Å². The minimum atomic E-state index is -0.450. The van der Waals surface area contributed by atoms with Crippen molar-refractivity contribution in [3.63, 3.8) is 0 Å².